The van der Waals surface area contributed by atoms with Gasteiger partial charge in [0.05, 0.1) is 0 Å². The Morgan fingerprint density at radius 2 is 1.75 bits per heavy atom. The van der Waals surface area contributed by atoms with Gasteiger partial charge in [0, 0.05) is 37.3 Å². The molecule has 0 aromatic heterocycles. The Bertz CT molecular complexity index is 571. The molecule has 0 bridgehead atoms. The van der Waals surface area contributed by atoms with Gasteiger partial charge in [-0.1, -0.05) is 19.3 Å². The predicted octanol–water partition coefficient (Wildman–Crippen LogP) is 4.19. The Hall–Kier alpha value is -1.00. The van der Waals surface area contributed by atoms with Crippen molar-refractivity contribution in [2.75, 3.05) is 19.6 Å². The summed E-state index contributed by atoms with van der Waals surface area (Å²) in [6, 6.07) is 5.01. The van der Waals surface area contributed by atoms with Crippen molar-refractivity contribution in [1.82, 2.24) is 9.80 Å². The summed E-state index contributed by atoms with van der Waals surface area (Å²) in [4.78, 5) is 5.12. The Morgan fingerprint density at radius 1 is 0.917 bits per heavy atom. The van der Waals surface area contributed by atoms with Gasteiger partial charge in [-0.15, -0.1) is 0 Å². The van der Waals surface area contributed by atoms with Crippen molar-refractivity contribution < 1.29 is 8.78 Å². The van der Waals surface area contributed by atoms with Gasteiger partial charge in [0.1, 0.15) is 11.6 Å². The van der Waals surface area contributed by atoms with Crippen LogP contribution in [0.5, 0.6) is 0 Å². The van der Waals surface area contributed by atoms with E-state index in [0.717, 1.165) is 19.0 Å². The maximum absolute atomic E-state index is 14.2. The van der Waals surface area contributed by atoms with Crippen LogP contribution in [-0.4, -0.2) is 41.5 Å². The van der Waals surface area contributed by atoms with Crippen LogP contribution in [0, 0.1) is 17.6 Å². The average Bonchev–Trinajstić information content (AvgIpc) is 3.07. The van der Waals surface area contributed by atoms with Crippen LogP contribution in [0.1, 0.15) is 50.5 Å². The van der Waals surface area contributed by atoms with E-state index in [9.17, 15) is 8.78 Å². The number of hydrogen-bond acceptors (Lipinski definition) is 2. The van der Waals surface area contributed by atoms with E-state index in [1.54, 1.807) is 0 Å². The van der Waals surface area contributed by atoms with Crippen LogP contribution in [0.2, 0.25) is 0 Å². The van der Waals surface area contributed by atoms with Gasteiger partial charge in [0.2, 0.25) is 0 Å². The minimum absolute atomic E-state index is 0.271. The molecule has 132 valence electrons. The van der Waals surface area contributed by atoms with Crippen molar-refractivity contribution in [3.8, 4) is 0 Å². The van der Waals surface area contributed by atoms with E-state index in [-0.39, 0.29) is 11.6 Å². The van der Waals surface area contributed by atoms with Crippen LogP contribution >= 0.6 is 0 Å². The summed E-state index contributed by atoms with van der Waals surface area (Å²) >= 11 is 0. The van der Waals surface area contributed by atoms with Gasteiger partial charge < -0.3 is 0 Å². The quantitative estimate of drug-likeness (QED) is 0.818. The lowest BCUT2D eigenvalue weighted by atomic mass is 9.78. The van der Waals surface area contributed by atoms with Crippen LogP contribution in [0.3, 0.4) is 0 Å². The summed E-state index contributed by atoms with van der Waals surface area (Å²) in [5, 5.41) is 0. The third kappa shape index (κ3) is 3.23. The van der Waals surface area contributed by atoms with Crippen molar-refractivity contribution >= 4 is 0 Å². The second-order valence-electron chi connectivity index (χ2n) is 7.84. The van der Waals surface area contributed by atoms with Gasteiger partial charge in [-0.25, -0.2) is 8.78 Å². The lowest BCUT2D eigenvalue weighted by Gasteiger charge is -2.49. The Kier molecular flexibility index (Phi) is 4.86. The topological polar surface area (TPSA) is 6.48 Å². The number of halogens is 2. The molecule has 2 saturated heterocycles. The van der Waals surface area contributed by atoms with E-state index in [1.165, 1.54) is 69.7 Å². The molecule has 2 heterocycles. The number of nitrogens with zero attached hydrogens (tertiary/aromatic N) is 2. The fraction of sp³-hybridized carbons (Fsp3) is 0.700. The molecule has 1 saturated carbocycles. The lowest BCUT2D eigenvalue weighted by molar-refractivity contribution is -0.00435. The third-order valence-electron chi connectivity index (χ3n) is 6.42. The molecule has 0 unspecified atom stereocenters. The van der Waals surface area contributed by atoms with Gasteiger partial charge in [0.15, 0.2) is 0 Å². The van der Waals surface area contributed by atoms with E-state index in [1.807, 2.05) is 0 Å². The zero-order chi connectivity index (χ0) is 16.5. The normalized spacial score (nSPS) is 29.8. The molecule has 3 fully saturated rings. The van der Waals surface area contributed by atoms with Gasteiger partial charge in [-0.05, 0) is 56.3 Å². The van der Waals surface area contributed by atoms with Crippen LogP contribution in [0.25, 0.3) is 0 Å². The fourth-order valence-corrected chi connectivity index (χ4v) is 5.32. The number of piperazine rings is 1. The van der Waals surface area contributed by atoms with Crippen molar-refractivity contribution in [3.05, 3.63) is 35.4 Å². The average molecular weight is 334 g/mol. The predicted molar refractivity (Wildman–Crippen MR) is 91.7 cm³/mol. The zero-order valence-electron chi connectivity index (χ0n) is 14.4. The summed E-state index contributed by atoms with van der Waals surface area (Å²) in [6.07, 6.45) is 9.18. The number of benzene rings is 1. The van der Waals surface area contributed by atoms with Gasteiger partial charge in [0.25, 0.3) is 0 Å². The largest absolute Gasteiger partial charge is 0.298 e. The zero-order valence-corrected chi connectivity index (χ0v) is 14.4. The summed E-state index contributed by atoms with van der Waals surface area (Å²) in [5.74, 6) is 0.119. The standard InChI is InChI=1S/C20H28F2N2/c21-17-8-9-18(22)16(13-17)14-24-12-11-23-10-4-7-19(23)20(24)15-5-2-1-3-6-15/h8-9,13,15,19-20H,1-7,10-12,14H2/t19-,20+/m1/s1. The van der Waals surface area contributed by atoms with E-state index in [2.05, 4.69) is 9.80 Å². The molecule has 0 spiro atoms. The van der Waals surface area contributed by atoms with Crippen molar-refractivity contribution in [2.45, 2.75) is 63.6 Å². The second-order valence-corrected chi connectivity index (χ2v) is 7.84. The van der Waals surface area contributed by atoms with Gasteiger partial charge >= 0.3 is 0 Å². The first-order valence-electron chi connectivity index (χ1n) is 9.64. The van der Waals surface area contributed by atoms with E-state index in [0.29, 0.717) is 24.2 Å². The monoisotopic (exact) mass is 334 g/mol. The minimum atomic E-state index is -0.333. The van der Waals surface area contributed by atoms with Crippen molar-refractivity contribution in [3.63, 3.8) is 0 Å². The third-order valence-corrected chi connectivity index (χ3v) is 6.42. The highest BCUT2D eigenvalue weighted by atomic mass is 19.1. The smallest absolute Gasteiger partial charge is 0.127 e. The van der Waals surface area contributed by atoms with Crippen molar-refractivity contribution in [2.24, 2.45) is 5.92 Å². The molecular weight excluding hydrogens is 306 g/mol. The highest BCUT2D eigenvalue weighted by Crippen LogP contribution is 2.38. The molecule has 2 nitrogen and oxygen atoms in total. The molecule has 0 radical (unpaired) electrons. The Balaban J connectivity index is 1.58. The molecule has 2 atom stereocenters. The Morgan fingerprint density at radius 3 is 2.58 bits per heavy atom. The van der Waals surface area contributed by atoms with Crippen molar-refractivity contribution in [1.29, 1.82) is 0 Å². The molecule has 24 heavy (non-hydrogen) atoms. The summed E-state index contributed by atoms with van der Waals surface area (Å²) in [5.41, 5.74) is 0.516. The molecule has 4 heteroatoms. The number of rotatable bonds is 3. The molecule has 1 aliphatic carbocycles. The summed E-state index contributed by atoms with van der Waals surface area (Å²) < 4.78 is 27.7. The van der Waals surface area contributed by atoms with Crippen LogP contribution in [0.15, 0.2) is 18.2 Å². The van der Waals surface area contributed by atoms with Crippen LogP contribution in [0.4, 0.5) is 8.78 Å². The molecule has 2 aliphatic heterocycles. The maximum Gasteiger partial charge on any atom is 0.127 e. The molecular formula is C20H28F2N2. The maximum atomic E-state index is 14.2. The highest BCUT2D eigenvalue weighted by molar-refractivity contribution is 5.19. The van der Waals surface area contributed by atoms with Crippen LogP contribution in [-0.2, 0) is 6.54 Å². The first kappa shape index (κ1) is 16.5. The van der Waals surface area contributed by atoms with Gasteiger partial charge in [-0.2, -0.15) is 0 Å². The Labute approximate surface area is 143 Å². The minimum Gasteiger partial charge on any atom is -0.298 e. The SMILES string of the molecule is Fc1ccc(F)c(CN2CCN3CCC[C@@H]3[C@@H]2C2CCCCC2)c1. The van der Waals surface area contributed by atoms with Crippen LogP contribution < -0.4 is 0 Å². The first-order chi connectivity index (χ1) is 11.7. The second kappa shape index (κ2) is 7.09. The lowest BCUT2D eigenvalue weighted by Crippen LogP contribution is -2.59. The van der Waals surface area contributed by atoms with E-state index < -0.39 is 0 Å². The number of hydrogen-bond donors (Lipinski definition) is 0. The molecule has 0 amide bonds. The van der Waals surface area contributed by atoms with E-state index >= 15 is 0 Å². The summed E-state index contributed by atoms with van der Waals surface area (Å²) in [6.45, 7) is 3.82. The van der Waals surface area contributed by atoms with Gasteiger partial charge in [-0.3, -0.25) is 9.80 Å². The summed E-state index contributed by atoms with van der Waals surface area (Å²) in [7, 11) is 0. The highest BCUT2D eigenvalue weighted by Gasteiger charge is 2.43. The molecule has 0 N–H and O–H groups in total. The molecule has 1 aromatic rings. The molecule has 3 aliphatic rings. The molecule has 1 aromatic carbocycles. The fourth-order valence-electron chi connectivity index (χ4n) is 5.32. The number of fused-ring (bicyclic) bond motifs is 1. The van der Waals surface area contributed by atoms with E-state index in [4.69, 9.17) is 0 Å². The molecule has 4 rings (SSSR count). The first-order valence-corrected chi connectivity index (χ1v) is 9.64.